The molecule has 1 N–H and O–H groups in total. The largest absolute Gasteiger partial charge is 0.479 e. The van der Waals surface area contributed by atoms with E-state index in [4.69, 9.17) is 5.11 Å². The predicted octanol–water partition coefficient (Wildman–Crippen LogP) is 2.62. The maximum atomic E-state index is 13.3. The van der Waals surface area contributed by atoms with Crippen LogP contribution in [0.1, 0.15) is 18.9 Å². The van der Waals surface area contributed by atoms with Crippen LogP contribution in [0.3, 0.4) is 0 Å². The molecule has 0 bridgehead atoms. The van der Waals surface area contributed by atoms with Crippen LogP contribution in [0.25, 0.3) is 0 Å². The fourth-order valence-electron chi connectivity index (χ4n) is 1.03. The van der Waals surface area contributed by atoms with Crippen molar-refractivity contribution in [3.8, 4) is 5.75 Å². The number of ether oxygens (including phenoxy) is 1. The number of carbonyl (C=O) groups is 1. The van der Waals surface area contributed by atoms with E-state index in [9.17, 15) is 18.0 Å². The topological polar surface area (TPSA) is 46.5 Å². The van der Waals surface area contributed by atoms with E-state index in [-0.39, 0.29) is 0 Å². The lowest BCUT2D eigenvalue weighted by Crippen LogP contribution is -2.23. The van der Waals surface area contributed by atoms with Gasteiger partial charge in [-0.2, -0.15) is 0 Å². The number of hydrogen-bond donors (Lipinski definition) is 1. The fraction of sp³-hybridized carbons (Fsp3) is 0.300. The Labute approximate surface area is 89.5 Å². The molecule has 88 valence electrons. The van der Waals surface area contributed by atoms with Crippen molar-refractivity contribution in [3.05, 3.63) is 29.6 Å². The molecule has 1 unspecified atom stereocenters. The van der Waals surface area contributed by atoms with Crippen LogP contribution in [0.15, 0.2) is 18.2 Å². The van der Waals surface area contributed by atoms with E-state index in [1.54, 1.807) is 0 Å². The maximum Gasteiger partial charge on any atom is 0.344 e. The van der Waals surface area contributed by atoms with E-state index >= 15 is 0 Å². The lowest BCUT2D eigenvalue weighted by Gasteiger charge is -2.12. The van der Waals surface area contributed by atoms with Gasteiger partial charge in [-0.15, -0.1) is 0 Å². The van der Waals surface area contributed by atoms with Gasteiger partial charge in [0.1, 0.15) is 0 Å². The third kappa shape index (κ3) is 2.65. The van der Waals surface area contributed by atoms with Crippen molar-refractivity contribution in [2.45, 2.75) is 19.5 Å². The summed E-state index contributed by atoms with van der Waals surface area (Å²) < 4.78 is 42.6. The van der Waals surface area contributed by atoms with Gasteiger partial charge in [-0.3, -0.25) is 0 Å². The molecule has 1 aromatic rings. The Balaban J connectivity index is 2.97. The highest BCUT2D eigenvalue weighted by atomic mass is 19.3. The number of carboxylic acid groups (broad SMARTS) is 1. The summed E-state index contributed by atoms with van der Waals surface area (Å²) in [6.45, 7) is 1.18. The summed E-state index contributed by atoms with van der Waals surface area (Å²) in [4.78, 5) is 10.4. The predicted molar refractivity (Wildman–Crippen MR) is 49.1 cm³/mol. The number of rotatable bonds is 4. The molecule has 0 aliphatic heterocycles. The first-order valence-corrected chi connectivity index (χ1v) is 4.39. The van der Waals surface area contributed by atoms with Gasteiger partial charge in [0.15, 0.2) is 17.7 Å². The van der Waals surface area contributed by atoms with Crippen LogP contribution in [0.2, 0.25) is 0 Å². The average Bonchev–Trinajstić information content (AvgIpc) is 2.20. The third-order valence-corrected chi connectivity index (χ3v) is 1.88. The van der Waals surface area contributed by atoms with Gasteiger partial charge in [0.05, 0.1) is 5.56 Å². The second-order valence-corrected chi connectivity index (χ2v) is 3.06. The Morgan fingerprint density at radius 3 is 2.56 bits per heavy atom. The summed E-state index contributed by atoms with van der Waals surface area (Å²) in [7, 11) is 0. The number of carboxylic acids is 1. The SMILES string of the molecule is CC(Oc1cccc(C(F)F)c1F)C(=O)O. The molecule has 6 heteroatoms. The zero-order valence-corrected chi connectivity index (χ0v) is 8.28. The van der Waals surface area contributed by atoms with E-state index in [1.807, 2.05) is 0 Å². The number of aliphatic carboxylic acids is 1. The van der Waals surface area contributed by atoms with Gasteiger partial charge in [-0.1, -0.05) is 12.1 Å². The Morgan fingerprint density at radius 2 is 2.06 bits per heavy atom. The Morgan fingerprint density at radius 1 is 1.44 bits per heavy atom. The van der Waals surface area contributed by atoms with Gasteiger partial charge < -0.3 is 9.84 Å². The number of benzene rings is 1. The molecule has 0 saturated heterocycles. The van der Waals surface area contributed by atoms with Crippen molar-refractivity contribution in [3.63, 3.8) is 0 Å². The van der Waals surface area contributed by atoms with Crippen molar-refractivity contribution in [2.75, 3.05) is 0 Å². The number of halogens is 3. The minimum absolute atomic E-state index is 0.493. The van der Waals surface area contributed by atoms with Gasteiger partial charge in [0, 0.05) is 0 Å². The van der Waals surface area contributed by atoms with E-state index < -0.39 is 35.6 Å². The van der Waals surface area contributed by atoms with E-state index in [0.717, 1.165) is 12.1 Å². The quantitative estimate of drug-likeness (QED) is 0.870. The highest BCUT2D eigenvalue weighted by Gasteiger charge is 2.20. The maximum absolute atomic E-state index is 13.3. The smallest absolute Gasteiger partial charge is 0.344 e. The number of hydrogen-bond acceptors (Lipinski definition) is 2. The minimum atomic E-state index is -2.97. The summed E-state index contributed by atoms with van der Waals surface area (Å²) in [6.07, 6.45) is -4.27. The summed E-state index contributed by atoms with van der Waals surface area (Å²) in [5, 5.41) is 8.52. The fourth-order valence-corrected chi connectivity index (χ4v) is 1.03. The minimum Gasteiger partial charge on any atom is -0.479 e. The van der Waals surface area contributed by atoms with Crippen LogP contribution < -0.4 is 4.74 Å². The second-order valence-electron chi connectivity index (χ2n) is 3.06. The van der Waals surface area contributed by atoms with Crippen LogP contribution in [-0.2, 0) is 4.79 Å². The molecule has 0 fully saturated rings. The van der Waals surface area contributed by atoms with Gasteiger partial charge >= 0.3 is 5.97 Å². The normalized spacial score (nSPS) is 12.6. The average molecular weight is 234 g/mol. The Hall–Kier alpha value is -1.72. The molecule has 0 spiro atoms. The summed E-state index contributed by atoms with van der Waals surface area (Å²) in [5.41, 5.74) is -0.810. The Kier molecular flexibility index (Phi) is 3.76. The molecule has 0 saturated carbocycles. The van der Waals surface area contributed by atoms with Crippen LogP contribution in [0, 0.1) is 5.82 Å². The van der Waals surface area contributed by atoms with E-state index in [2.05, 4.69) is 4.74 Å². The van der Waals surface area contributed by atoms with Crippen molar-refractivity contribution >= 4 is 5.97 Å². The van der Waals surface area contributed by atoms with Crippen LogP contribution >= 0.6 is 0 Å². The first-order valence-electron chi connectivity index (χ1n) is 4.39. The first kappa shape index (κ1) is 12.4. The standard InChI is InChI=1S/C10H9F3O3/c1-5(10(14)15)16-7-4-2-3-6(8(7)11)9(12)13/h2-5,9H,1H3,(H,14,15). The molecule has 0 aliphatic rings. The van der Waals surface area contributed by atoms with Crippen LogP contribution in [-0.4, -0.2) is 17.2 Å². The van der Waals surface area contributed by atoms with Gasteiger partial charge in [-0.05, 0) is 13.0 Å². The van der Waals surface area contributed by atoms with Gasteiger partial charge in [0.25, 0.3) is 6.43 Å². The Bertz CT molecular complexity index is 393. The van der Waals surface area contributed by atoms with E-state index in [1.165, 1.54) is 13.0 Å². The molecule has 0 aromatic heterocycles. The molecular weight excluding hydrogens is 225 g/mol. The molecule has 0 heterocycles. The summed E-state index contributed by atoms with van der Waals surface area (Å²) in [6, 6.07) is 3.19. The molecular formula is C10H9F3O3. The van der Waals surface area contributed by atoms with Crippen molar-refractivity contribution in [2.24, 2.45) is 0 Å². The highest BCUT2D eigenvalue weighted by molar-refractivity contribution is 5.72. The second kappa shape index (κ2) is 4.87. The van der Waals surface area contributed by atoms with E-state index in [0.29, 0.717) is 0 Å². The van der Waals surface area contributed by atoms with Crippen LogP contribution in [0.5, 0.6) is 5.75 Å². The molecule has 1 aromatic carbocycles. The summed E-state index contributed by atoms with van der Waals surface area (Å²) in [5.74, 6) is -3.03. The lowest BCUT2D eigenvalue weighted by molar-refractivity contribution is -0.144. The molecule has 1 atom stereocenters. The lowest BCUT2D eigenvalue weighted by atomic mass is 10.2. The van der Waals surface area contributed by atoms with Crippen molar-refractivity contribution < 1.29 is 27.8 Å². The molecule has 0 radical (unpaired) electrons. The monoisotopic (exact) mass is 234 g/mol. The number of alkyl halides is 2. The van der Waals surface area contributed by atoms with Crippen molar-refractivity contribution in [1.82, 2.24) is 0 Å². The molecule has 16 heavy (non-hydrogen) atoms. The molecule has 0 aliphatic carbocycles. The molecule has 0 amide bonds. The van der Waals surface area contributed by atoms with Gasteiger partial charge in [0.2, 0.25) is 0 Å². The zero-order chi connectivity index (χ0) is 12.3. The molecule has 1 rings (SSSR count). The molecule has 3 nitrogen and oxygen atoms in total. The van der Waals surface area contributed by atoms with Crippen LogP contribution in [0.4, 0.5) is 13.2 Å². The van der Waals surface area contributed by atoms with Gasteiger partial charge in [-0.25, -0.2) is 18.0 Å². The van der Waals surface area contributed by atoms with Crippen molar-refractivity contribution in [1.29, 1.82) is 0 Å². The third-order valence-electron chi connectivity index (χ3n) is 1.88. The zero-order valence-electron chi connectivity index (χ0n) is 8.28. The summed E-state index contributed by atoms with van der Waals surface area (Å²) >= 11 is 0. The highest BCUT2D eigenvalue weighted by Crippen LogP contribution is 2.28. The first-order chi connectivity index (χ1) is 7.43.